The maximum absolute atomic E-state index is 12.9. The van der Waals surface area contributed by atoms with Crippen LogP contribution >= 0.6 is 11.6 Å². The van der Waals surface area contributed by atoms with E-state index in [0.717, 1.165) is 24.2 Å². The average Bonchev–Trinajstić information content (AvgIpc) is 3.36. The number of carbonyl (C=O) groups is 1. The van der Waals surface area contributed by atoms with E-state index in [1.165, 1.54) is 19.3 Å². The van der Waals surface area contributed by atoms with Crippen molar-refractivity contribution in [2.75, 3.05) is 32.8 Å². The Balaban J connectivity index is 1.28. The number of nitrogens with one attached hydrogen (secondary N) is 1. The predicted molar refractivity (Wildman–Crippen MR) is 125 cm³/mol. The molecule has 33 heavy (non-hydrogen) atoms. The fourth-order valence-corrected chi connectivity index (χ4v) is 4.49. The van der Waals surface area contributed by atoms with E-state index in [9.17, 15) is 4.79 Å². The molecule has 0 radical (unpaired) electrons. The first-order chi connectivity index (χ1) is 16.2. The van der Waals surface area contributed by atoms with Gasteiger partial charge in [0, 0.05) is 23.2 Å². The second-order valence-corrected chi connectivity index (χ2v) is 8.75. The summed E-state index contributed by atoms with van der Waals surface area (Å²) < 4.78 is 16.6. The van der Waals surface area contributed by atoms with E-state index in [1.54, 1.807) is 6.07 Å². The third-order valence-electron chi connectivity index (χ3n) is 6.11. The van der Waals surface area contributed by atoms with Gasteiger partial charge in [0.15, 0.2) is 23.0 Å². The van der Waals surface area contributed by atoms with Crippen molar-refractivity contribution in [2.45, 2.75) is 25.3 Å². The van der Waals surface area contributed by atoms with Crippen molar-refractivity contribution >= 4 is 17.5 Å². The minimum Gasteiger partial charge on any atom is -0.486 e. The van der Waals surface area contributed by atoms with Crippen LogP contribution in [0.5, 0.6) is 11.5 Å². The van der Waals surface area contributed by atoms with Gasteiger partial charge in [-0.1, -0.05) is 35.3 Å². The number of hydrogen-bond acceptors (Lipinski definition) is 6. The molecule has 0 saturated carbocycles. The highest BCUT2D eigenvalue weighted by Crippen LogP contribution is 2.34. The standard InChI is InChI=1S/C25H26ClN3O4/c26-19-7-4-17(5-8-19)21(29-10-2-1-3-11-29)16-27-25(30)20-15-23(33-28-20)18-6-9-22-24(14-18)32-13-12-31-22/h4-9,14-15,21H,1-3,10-13,16H2,(H,27,30). The summed E-state index contributed by atoms with van der Waals surface area (Å²) in [7, 11) is 0. The summed E-state index contributed by atoms with van der Waals surface area (Å²) in [6, 6.07) is 15.1. The van der Waals surface area contributed by atoms with Gasteiger partial charge in [-0.25, -0.2) is 0 Å². The molecule has 2 aliphatic rings. The molecule has 1 fully saturated rings. The molecule has 1 amide bonds. The Morgan fingerprint density at radius 2 is 1.76 bits per heavy atom. The molecular weight excluding hydrogens is 442 g/mol. The number of carbonyl (C=O) groups excluding carboxylic acids is 1. The van der Waals surface area contributed by atoms with Gasteiger partial charge in [-0.2, -0.15) is 0 Å². The molecule has 2 aromatic carbocycles. The normalized spacial score (nSPS) is 16.9. The number of ether oxygens (including phenoxy) is 2. The molecule has 8 heteroatoms. The van der Waals surface area contributed by atoms with E-state index in [4.69, 9.17) is 25.6 Å². The third kappa shape index (κ3) is 4.99. The maximum atomic E-state index is 12.9. The van der Waals surface area contributed by atoms with Crippen LogP contribution < -0.4 is 14.8 Å². The van der Waals surface area contributed by atoms with Gasteiger partial charge in [-0.15, -0.1) is 0 Å². The largest absolute Gasteiger partial charge is 0.486 e. The number of rotatable bonds is 6. The summed E-state index contributed by atoms with van der Waals surface area (Å²) in [6.07, 6.45) is 3.58. The summed E-state index contributed by atoms with van der Waals surface area (Å²) in [5.41, 5.74) is 2.16. The maximum Gasteiger partial charge on any atom is 0.273 e. The van der Waals surface area contributed by atoms with Crippen LogP contribution in [0.4, 0.5) is 0 Å². The number of amides is 1. The number of nitrogens with zero attached hydrogens (tertiary/aromatic N) is 2. The first-order valence-corrected chi connectivity index (χ1v) is 11.7. The molecule has 3 aromatic rings. The number of halogens is 1. The summed E-state index contributed by atoms with van der Waals surface area (Å²) in [4.78, 5) is 15.3. The van der Waals surface area contributed by atoms with Gasteiger partial charge in [0.05, 0.1) is 6.04 Å². The molecule has 7 nitrogen and oxygen atoms in total. The van der Waals surface area contributed by atoms with Crippen LogP contribution in [0.2, 0.25) is 5.02 Å². The second kappa shape index (κ2) is 9.85. The highest BCUT2D eigenvalue weighted by atomic mass is 35.5. The van der Waals surface area contributed by atoms with E-state index < -0.39 is 0 Å². The molecular formula is C25H26ClN3O4. The lowest BCUT2D eigenvalue weighted by Crippen LogP contribution is -2.40. The van der Waals surface area contributed by atoms with Gasteiger partial charge in [0.25, 0.3) is 5.91 Å². The average molecular weight is 468 g/mol. The highest BCUT2D eigenvalue weighted by molar-refractivity contribution is 6.30. The Kier molecular flexibility index (Phi) is 6.51. The van der Waals surface area contributed by atoms with Crippen molar-refractivity contribution in [3.05, 3.63) is 64.8 Å². The van der Waals surface area contributed by atoms with Crippen LogP contribution in [-0.4, -0.2) is 48.8 Å². The van der Waals surface area contributed by atoms with Crippen LogP contribution in [0.15, 0.2) is 53.1 Å². The lowest BCUT2D eigenvalue weighted by atomic mass is 10.0. The molecule has 0 aliphatic carbocycles. The SMILES string of the molecule is O=C(NCC(c1ccc(Cl)cc1)N1CCCCC1)c1cc(-c2ccc3c(c2)OCCO3)on1. The number of hydrogen-bond donors (Lipinski definition) is 1. The van der Waals surface area contributed by atoms with Gasteiger partial charge in [-0.05, 0) is 61.8 Å². The lowest BCUT2D eigenvalue weighted by molar-refractivity contribution is 0.0915. The van der Waals surface area contributed by atoms with Crippen molar-refractivity contribution in [1.82, 2.24) is 15.4 Å². The van der Waals surface area contributed by atoms with E-state index in [1.807, 2.05) is 42.5 Å². The molecule has 0 bridgehead atoms. The summed E-state index contributed by atoms with van der Waals surface area (Å²) >= 11 is 6.08. The van der Waals surface area contributed by atoms with Crippen LogP contribution in [-0.2, 0) is 0 Å². The van der Waals surface area contributed by atoms with Crippen molar-refractivity contribution in [3.8, 4) is 22.8 Å². The lowest BCUT2D eigenvalue weighted by Gasteiger charge is -2.35. The van der Waals surface area contributed by atoms with Gasteiger partial charge >= 0.3 is 0 Å². The quantitative estimate of drug-likeness (QED) is 0.565. The highest BCUT2D eigenvalue weighted by Gasteiger charge is 2.24. The number of likely N-dealkylation sites (tertiary alicyclic amines) is 1. The summed E-state index contributed by atoms with van der Waals surface area (Å²) in [5, 5.41) is 7.74. The molecule has 5 rings (SSSR count). The first-order valence-electron chi connectivity index (χ1n) is 11.3. The zero-order chi connectivity index (χ0) is 22.6. The van der Waals surface area contributed by atoms with Gasteiger partial charge < -0.3 is 19.3 Å². The minimum atomic E-state index is -0.265. The van der Waals surface area contributed by atoms with Gasteiger partial charge in [0.1, 0.15) is 13.2 Å². The predicted octanol–water partition coefficient (Wildman–Crippen LogP) is 4.72. The van der Waals surface area contributed by atoms with Gasteiger partial charge in [0.2, 0.25) is 0 Å². The van der Waals surface area contributed by atoms with Crippen molar-refractivity contribution < 1.29 is 18.8 Å². The van der Waals surface area contributed by atoms with Gasteiger partial charge in [-0.3, -0.25) is 9.69 Å². The molecule has 3 heterocycles. The van der Waals surface area contributed by atoms with Crippen LogP contribution in [0.3, 0.4) is 0 Å². The number of aromatic nitrogens is 1. The zero-order valence-electron chi connectivity index (χ0n) is 18.3. The van der Waals surface area contributed by atoms with Crippen LogP contribution in [0, 0.1) is 0 Å². The molecule has 172 valence electrons. The van der Waals surface area contributed by atoms with Crippen molar-refractivity contribution in [2.24, 2.45) is 0 Å². The monoisotopic (exact) mass is 467 g/mol. The molecule has 1 aromatic heterocycles. The van der Waals surface area contributed by atoms with Crippen LogP contribution in [0.1, 0.15) is 41.4 Å². The molecule has 2 aliphatic heterocycles. The fourth-order valence-electron chi connectivity index (χ4n) is 4.37. The first kappa shape index (κ1) is 21.8. The van der Waals surface area contributed by atoms with E-state index in [-0.39, 0.29) is 17.6 Å². The third-order valence-corrected chi connectivity index (χ3v) is 6.36. The zero-order valence-corrected chi connectivity index (χ0v) is 19.0. The minimum absolute atomic E-state index is 0.0793. The topological polar surface area (TPSA) is 76.8 Å². The molecule has 1 N–H and O–H groups in total. The molecule has 1 saturated heterocycles. The fraction of sp³-hybridized carbons (Fsp3) is 0.360. The van der Waals surface area contributed by atoms with Crippen molar-refractivity contribution in [1.29, 1.82) is 0 Å². The Hall–Kier alpha value is -3.03. The Bertz CT molecular complexity index is 1110. The number of fused-ring (bicyclic) bond motifs is 1. The number of benzene rings is 2. The van der Waals surface area contributed by atoms with Crippen LogP contribution in [0.25, 0.3) is 11.3 Å². The molecule has 0 spiro atoms. The van der Waals surface area contributed by atoms with E-state index in [2.05, 4.69) is 15.4 Å². The molecule has 1 unspecified atom stereocenters. The smallest absolute Gasteiger partial charge is 0.273 e. The molecule has 1 atom stereocenters. The van der Waals surface area contributed by atoms with E-state index in [0.29, 0.717) is 42.0 Å². The Morgan fingerprint density at radius 3 is 2.55 bits per heavy atom. The Labute approximate surface area is 197 Å². The summed E-state index contributed by atoms with van der Waals surface area (Å²) in [6.45, 7) is 3.55. The Morgan fingerprint density at radius 1 is 1.00 bits per heavy atom. The number of piperidine rings is 1. The van der Waals surface area contributed by atoms with E-state index >= 15 is 0 Å². The van der Waals surface area contributed by atoms with Crippen molar-refractivity contribution in [3.63, 3.8) is 0 Å². The summed E-state index contributed by atoms with van der Waals surface area (Å²) in [5.74, 6) is 1.60. The second-order valence-electron chi connectivity index (χ2n) is 8.31.